The van der Waals surface area contributed by atoms with Gasteiger partial charge in [-0.1, -0.05) is 31.2 Å². The lowest BCUT2D eigenvalue weighted by molar-refractivity contribution is -0.144. The van der Waals surface area contributed by atoms with Gasteiger partial charge in [0.2, 0.25) is 0 Å². The van der Waals surface area contributed by atoms with Crippen LogP contribution in [0.5, 0.6) is 5.75 Å². The molecule has 3 atom stereocenters. The summed E-state index contributed by atoms with van der Waals surface area (Å²) in [5.41, 5.74) is 0.362. The van der Waals surface area contributed by atoms with Gasteiger partial charge in [0.05, 0.1) is 12.0 Å². The fourth-order valence-electron chi connectivity index (χ4n) is 6.74. The number of piperidine rings is 1. The van der Waals surface area contributed by atoms with E-state index in [2.05, 4.69) is 11.8 Å². The quantitative estimate of drug-likeness (QED) is 0.439. The molecule has 4 nitrogen and oxygen atoms in total. The predicted octanol–water partition coefficient (Wildman–Crippen LogP) is 7.08. The lowest BCUT2D eigenvalue weighted by Gasteiger charge is -2.37. The molecular weight excluding hydrogens is 467 g/mol. The van der Waals surface area contributed by atoms with Crippen molar-refractivity contribution in [2.75, 3.05) is 6.54 Å². The summed E-state index contributed by atoms with van der Waals surface area (Å²) in [7, 11) is 0. The zero-order valence-electron chi connectivity index (χ0n) is 20.9. The highest BCUT2D eigenvalue weighted by Gasteiger charge is 2.42. The number of ether oxygens (including phenoxy) is 1. The van der Waals surface area contributed by atoms with Crippen molar-refractivity contribution in [1.29, 1.82) is 0 Å². The number of alkyl halides is 3. The van der Waals surface area contributed by atoms with Crippen LogP contribution in [0.15, 0.2) is 30.3 Å². The summed E-state index contributed by atoms with van der Waals surface area (Å²) in [6, 6.07) is 9.24. The summed E-state index contributed by atoms with van der Waals surface area (Å²) in [6.45, 7) is 3.08. The normalized spacial score (nSPS) is 28.9. The first-order chi connectivity index (χ1) is 17.2. The van der Waals surface area contributed by atoms with Crippen LogP contribution in [0.1, 0.15) is 75.8 Å². The molecule has 2 aromatic rings. The van der Waals surface area contributed by atoms with Crippen LogP contribution in [-0.2, 0) is 17.4 Å². The van der Waals surface area contributed by atoms with E-state index in [-0.39, 0.29) is 23.2 Å². The Morgan fingerprint density at radius 2 is 1.72 bits per heavy atom. The standard InChI is InChI=1S/C29H36F3NO3/c1-18-4-10-24(11-5-18)36-26-13-7-20-15-19(6-12-25(20)27(26)29(30,31)32)3-2-14-33-22-8-9-23(33)17-21(16-22)28(34)35/h6-7,12-13,15,18,21-24H,2-5,8-11,14,16-17H2,1H3,(H,34,35)/t18?,21?,22-,23?,24?/m0/s1. The molecule has 0 radical (unpaired) electrons. The summed E-state index contributed by atoms with van der Waals surface area (Å²) in [5, 5.41) is 10.2. The molecule has 2 aliphatic heterocycles. The minimum Gasteiger partial charge on any atom is -0.490 e. The van der Waals surface area contributed by atoms with E-state index in [9.17, 15) is 23.1 Å². The van der Waals surface area contributed by atoms with E-state index in [4.69, 9.17) is 4.74 Å². The van der Waals surface area contributed by atoms with E-state index < -0.39 is 17.7 Å². The number of halogens is 3. The lowest BCUT2D eigenvalue weighted by Crippen LogP contribution is -2.45. The van der Waals surface area contributed by atoms with Crippen molar-refractivity contribution >= 4 is 16.7 Å². The average Bonchev–Trinajstić information content (AvgIpc) is 3.06. The summed E-state index contributed by atoms with van der Waals surface area (Å²) < 4.78 is 48.3. The van der Waals surface area contributed by atoms with Crippen LogP contribution in [0.3, 0.4) is 0 Å². The number of benzene rings is 2. The third kappa shape index (κ3) is 5.36. The first kappa shape index (κ1) is 25.4. The third-order valence-electron chi connectivity index (χ3n) is 8.70. The van der Waals surface area contributed by atoms with Gasteiger partial charge in [-0.05, 0) is 99.1 Å². The highest BCUT2D eigenvalue weighted by Crippen LogP contribution is 2.43. The molecule has 0 aromatic heterocycles. The first-order valence-corrected chi connectivity index (χ1v) is 13.5. The predicted molar refractivity (Wildman–Crippen MR) is 133 cm³/mol. The van der Waals surface area contributed by atoms with Crippen molar-refractivity contribution in [3.8, 4) is 5.75 Å². The average molecular weight is 504 g/mol. The molecule has 2 saturated heterocycles. The Labute approximate surface area is 210 Å². The van der Waals surface area contributed by atoms with Gasteiger partial charge in [0.15, 0.2) is 0 Å². The van der Waals surface area contributed by atoms with E-state index in [1.807, 2.05) is 12.1 Å². The number of nitrogens with zero attached hydrogens (tertiary/aromatic N) is 1. The van der Waals surface area contributed by atoms with Crippen LogP contribution in [0.4, 0.5) is 13.2 Å². The third-order valence-corrected chi connectivity index (χ3v) is 8.70. The van der Waals surface area contributed by atoms with Gasteiger partial charge in [-0.3, -0.25) is 9.69 Å². The van der Waals surface area contributed by atoms with Crippen molar-refractivity contribution in [2.24, 2.45) is 11.8 Å². The van der Waals surface area contributed by atoms with Crippen molar-refractivity contribution in [3.05, 3.63) is 41.5 Å². The molecule has 0 spiro atoms. The highest BCUT2D eigenvalue weighted by atomic mass is 19.4. The maximum absolute atomic E-state index is 14.1. The summed E-state index contributed by atoms with van der Waals surface area (Å²) in [4.78, 5) is 13.9. The monoisotopic (exact) mass is 503 g/mol. The van der Waals surface area contributed by atoms with Crippen LogP contribution in [0.2, 0.25) is 0 Å². The number of carboxylic acid groups (broad SMARTS) is 1. The molecule has 7 heteroatoms. The Balaban J connectivity index is 1.27. The topological polar surface area (TPSA) is 49.8 Å². The number of aryl methyl sites for hydroxylation is 1. The summed E-state index contributed by atoms with van der Waals surface area (Å²) >= 11 is 0. The second-order valence-electron chi connectivity index (χ2n) is 11.2. The van der Waals surface area contributed by atoms with E-state index in [1.165, 1.54) is 6.07 Å². The van der Waals surface area contributed by atoms with Gasteiger partial charge in [0.25, 0.3) is 0 Å². The van der Waals surface area contributed by atoms with Crippen molar-refractivity contribution in [3.63, 3.8) is 0 Å². The van der Waals surface area contributed by atoms with Crippen LogP contribution < -0.4 is 4.74 Å². The number of hydrogen-bond acceptors (Lipinski definition) is 3. The zero-order chi connectivity index (χ0) is 25.4. The van der Waals surface area contributed by atoms with Gasteiger partial charge in [-0.25, -0.2) is 0 Å². The molecule has 3 fully saturated rings. The van der Waals surface area contributed by atoms with E-state index in [1.54, 1.807) is 12.1 Å². The molecule has 5 rings (SSSR count). The van der Waals surface area contributed by atoms with E-state index in [0.717, 1.165) is 76.3 Å². The minimum atomic E-state index is -4.49. The van der Waals surface area contributed by atoms with Gasteiger partial charge >= 0.3 is 12.1 Å². The number of hydrogen-bond donors (Lipinski definition) is 1. The van der Waals surface area contributed by atoms with Crippen LogP contribution >= 0.6 is 0 Å². The largest absolute Gasteiger partial charge is 0.490 e. The van der Waals surface area contributed by atoms with Gasteiger partial charge in [0.1, 0.15) is 11.3 Å². The Morgan fingerprint density at radius 1 is 1.03 bits per heavy atom. The zero-order valence-corrected chi connectivity index (χ0v) is 20.9. The van der Waals surface area contributed by atoms with E-state index >= 15 is 0 Å². The van der Waals surface area contributed by atoms with Gasteiger partial charge in [-0.15, -0.1) is 0 Å². The smallest absolute Gasteiger partial charge is 0.420 e. The summed E-state index contributed by atoms with van der Waals surface area (Å²) in [6.07, 6.45) is 4.20. The molecule has 1 N–H and O–H groups in total. The molecular formula is C29H36F3NO3. The molecule has 3 aliphatic rings. The molecule has 196 valence electrons. The molecule has 2 aromatic carbocycles. The van der Waals surface area contributed by atoms with Crippen LogP contribution in [-0.4, -0.2) is 40.7 Å². The second kappa shape index (κ2) is 10.2. The molecule has 36 heavy (non-hydrogen) atoms. The molecule has 1 saturated carbocycles. The minimum absolute atomic E-state index is 0.0532. The van der Waals surface area contributed by atoms with Crippen LogP contribution in [0.25, 0.3) is 10.8 Å². The van der Waals surface area contributed by atoms with Gasteiger partial charge < -0.3 is 9.84 Å². The molecule has 0 amide bonds. The van der Waals surface area contributed by atoms with Crippen molar-refractivity contribution < 1.29 is 27.8 Å². The molecule has 2 bridgehead atoms. The molecule has 2 unspecified atom stereocenters. The highest BCUT2D eigenvalue weighted by molar-refractivity contribution is 5.89. The van der Waals surface area contributed by atoms with E-state index in [0.29, 0.717) is 23.4 Å². The lowest BCUT2D eigenvalue weighted by atomic mass is 9.89. The maximum Gasteiger partial charge on any atom is 0.420 e. The summed E-state index contributed by atoms with van der Waals surface area (Å²) in [5.74, 6) is -0.350. The Hall–Kier alpha value is -2.28. The van der Waals surface area contributed by atoms with Crippen molar-refractivity contribution in [1.82, 2.24) is 4.90 Å². The number of rotatable bonds is 7. The Morgan fingerprint density at radius 3 is 2.36 bits per heavy atom. The van der Waals surface area contributed by atoms with Gasteiger partial charge in [0, 0.05) is 12.1 Å². The molecule has 1 aliphatic carbocycles. The maximum atomic E-state index is 14.1. The number of carboxylic acids is 1. The SMILES string of the molecule is CC1CCC(Oc2ccc3cc(CCCN4C5CC[C@H]4CC(C(=O)O)C5)ccc3c2C(F)(F)F)CC1. The first-order valence-electron chi connectivity index (χ1n) is 13.5. The van der Waals surface area contributed by atoms with Crippen molar-refractivity contribution in [2.45, 2.75) is 95.5 Å². The molecule has 2 heterocycles. The van der Waals surface area contributed by atoms with Gasteiger partial charge in [-0.2, -0.15) is 13.2 Å². The Bertz CT molecular complexity index is 1080. The second-order valence-corrected chi connectivity index (χ2v) is 11.2. The number of aliphatic carboxylic acids is 1. The Kier molecular flexibility index (Phi) is 7.21. The number of carbonyl (C=O) groups is 1. The fourth-order valence-corrected chi connectivity index (χ4v) is 6.74. The fraction of sp³-hybridized carbons (Fsp3) is 0.621. The number of fused-ring (bicyclic) bond motifs is 3. The van der Waals surface area contributed by atoms with Crippen LogP contribution in [0, 0.1) is 11.8 Å².